The van der Waals surface area contributed by atoms with Crippen molar-refractivity contribution >= 4 is 17.4 Å². The highest BCUT2D eigenvalue weighted by atomic mass is 16.1. The van der Waals surface area contributed by atoms with Crippen LogP contribution in [0.15, 0.2) is 24.5 Å². The van der Waals surface area contributed by atoms with Crippen LogP contribution in [0.5, 0.6) is 0 Å². The summed E-state index contributed by atoms with van der Waals surface area (Å²) in [5.74, 6) is 1.49. The Kier molecular flexibility index (Phi) is 5.35. The van der Waals surface area contributed by atoms with Crippen molar-refractivity contribution in [2.75, 3.05) is 29.9 Å². The molecular weight excluding hydrogens is 352 g/mol. The quantitative estimate of drug-likeness (QED) is 0.880. The Morgan fingerprint density at radius 1 is 1.32 bits per heavy atom. The summed E-state index contributed by atoms with van der Waals surface area (Å²) in [7, 11) is 2.00. The number of nitrogens with one attached hydrogen (secondary N) is 1. The minimum absolute atomic E-state index is 0.0549. The fourth-order valence-corrected chi connectivity index (χ4v) is 4.68. The number of aryl methyl sites for hydroxylation is 1. The van der Waals surface area contributed by atoms with Gasteiger partial charge in [0, 0.05) is 63.6 Å². The molecule has 2 saturated heterocycles. The zero-order valence-electron chi connectivity index (χ0n) is 17.1. The topological polar surface area (TPSA) is 66.3 Å². The summed E-state index contributed by atoms with van der Waals surface area (Å²) < 4.78 is 1.95. The Labute approximate surface area is 166 Å². The van der Waals surface area contributed by atoms with E-state index < -0.39 is 0 Å². The van der Waals surface area contributed by atoms with Gasteiger partial charge in [-0.3, -0.25) is 14.4 Å². The molecule has 0 bridgehead atoms. The number of aromatic nitrogens is 3. The highest BCUT2D eigenvalue weighted by Gasteiger charge is 2.39. The maximum atomic E-state index is 11.7. The first-order valence-electron chi connectivity index (χ1n) is 10.2. The van der Waals surface area contributed by atoms with Crippen LogP contribution < -0.4 is 10.2 Å². The zero-order chi connectivity index (χ0) is 19.7. The standard InChI is InChI=1S/C21H30N6O/c1-15-18(11-23-25(15)3)13-26-12-17-7-4-5-10-27(20(17)14-26)21-19(24-16(2)28)8-6-9-22-21/h6,8-9,11,17,20H,4-5,7,10,12-14H2,1-3H3,(H,24,28)/t17-,20+/m1/s1. The summed E-state index contributed by atoms with van der Waals surface area (Å²) >= 11 is 0. The van der Waals surface area contributed by atoms with E-state index in [0.29, 0.717) is 12.0 Å². The van der Waals surface area contributed by atoms with Crippen LogP contribution >= 0.6 is 0 Å². The SMILES string of the molecule is CC(=O)Nc1cccnc1N1CCCC[C@@H]2CN(Cc3cnn(C)c3C)C[C@@H]21. The van der Waals surface area contributed by atoms with Crippen LogP contribution in [-0.2, 0) is 18.4 Å². The lowest BCUT2D eigenvalue weighted by Gasteiger charge is -2.32. The molecule has 1 N–H and O–H groups in total. The van der Waals surface area contributed by atoms with Crippen LogP contribution in [0.1, 0.15) is 37.4 Å². The molecule has 1 amide bonds. The number of hydrogen-bond acceptors (Lipinski definition) is 5. The van der Waals surface area contributed by atoms with E-state index in [-0.39, 0.29) is 5.91 Å². The molecule has 4 heterocycles. The molecular formula is C21H30N6O. The summed E-state index contributed by atoms with van der Waals surface area (Å²) in [5.41, 5.74) is 3.36. The van der Waals surface area contributed by atoms with Crippen LogP contribution in [0.25, 0.3) is 0 Å². The number of carbonyl (C=O) groups excluding carboxylic acids is 1. The Morgan fingerprint density at radius 2 is 2.18 bits per heavy atom. The van der Waals surface area contributed by atoms with Gasteiger partial charge in [0.25, 0.3) is 0 Å². The van der Waals surface area contributed by atoms with Gasteiger partial charge in [-0.2, -0.15) is 5.10 Å². The first-order valence-corrected chi connectivity index (χ1v) is 10.2. The average Bonchev–Trinajstić information content (AvgIpc) is 3.14. The van der Waals surface area contributed by atoms with Gasteiger partial charge < -0.3 is 10.2 Å². The van der Waals surface area contributed by atoms with Gasteiger partial charge in [-0.05, 0) is 37.8 Å². The number of carbonyl (C=O) groups is 1. The van der Waals surface area contributed by atoms with Gasteiger partial charge in [-0.15, -0.1) is 0 Å². The van der Waals surface area contributed by atoms with Gasteiger partial charge in [0.1, 0.15) is 0 Å². The Bertz CT molecular complexity index is 847. The molecule has 2 atom stereocenters. The second-order valence-electron chi connectivity index (χ2n) is 8.15. The maximum Gasteiger partial charge on any atom is 0.221 e. The third-order valence-corrected chi connectivity index (χ3v) is 6.21. The lowest BCUT2D eigenvalue weighted by atomic mass is 9.98. The van der Waals surface area contributed by atoms with Gasteiger partial charge in [0.05, 0.1) is 11.9 Å². The minimum atomic E-state index is -0.0549. The second-order valence-corrected chi connectivity index (χ2v) is 8.15. The van der Waals surface area contributed by atoms with Crippen molar-refractivity contribution in [2.24, 2.45) is 13.0 Å². The van der Waals surface area contributed by atoms with Gasteiger partial charge in [-0.1, -0.05) is 6.42 Å². The molecule has 0 saturated carbocycles. The fourth-order valence-electron chi connectivity index (χ4n) is 4.68. The predicted molar refractivity (Wildman–Crippen MR) is 110 cm³/mol. The van der Waals surface area contributed by atoms with Crippen LogP contribution in [0.3, 0.4) is 0 Å². The Hall–Kier alpha value is -2.41. The maximum absolute atomic E-state index is 11.7. The number of anilines is 2. The molecule has 28 heavy (non-hydrogen) atoms. The van der Waals surface area contributed by atoms with E-state index in [0.717, 1.165) is 37.7 Å². The molecule has 0 aliphatic carbocycles. The largest absolute Gasteiger partial charge is 0.350 e. The third kappa shape index (κ3) is 3.76. The van der Waals surface area contributed by atoms with E-state index in [4.69, 9.17) is 0 Å². The number of nitrogens with zero attached hydrogens (tertiary/aromatic N) is 5. The lowest BCUT2D eigenvalue weighted by molar-refractivity contribution is -0.114. The van der Waals surface area contributed by atoms with E-state index in [1.165, 1.54) is 30.5 Å². The summed E-state index contributed by atoms with van der Waals surface area (Å²) in [6.45, 7) is 7.75. The Balaban J connectivity index is 1.56. The van der Waals surface area contributed by atoms with Gasteiger partial charge in [0.2, 0.25) is 5.91 Å². The third-order valence-electron chi connectivity index (χ3n) is 6.21. The van der Waals surface area contributed by atoms with Crippen molar-refractivity contribution in [3.05, 3.63) is 35.8 Å². The summed E-state index contributed by atoms with van der Waals surface area (Å²) in [4.78, 5) is 21.3. The molecule has 4 rings (SSSR count). The Morgan fingerprint density at radius 3 is 2.93 bits per heavy atom. The molecule has 2 aromatic heterocycles. The number of fused-ring (bicyclic) bond motifs is 1. The molecule has 0 aromatic carbocycles. The monoisotopic (exact) mass is 382 g/mol. The van der Waals surface area contributed by atoms with Crippen molar-refractivity contribution < 1.29 is 4.79 Å². The van der Waals surface area contributed by atoms with Crippen molar-refractivity contribution in [2.45, 2.75) is 45.7 Å². The number of hydrogen-bond donors (Lipinski definition) is 1. The molecule has 2 aromatic rings. The number of pyridine rings is 1. The molecule has 2 fully saturated rings. The van der Waals surface area contributed by atoms with Crippen LogP contribution in [0, 0.1) is 12.8 Å². The number of likely N-dealkylation sites (tertiary alicyclic amines) is 1. The van der Waals surface area contributed by atoms with Crippen LogP contribution in [0.2, 0.25) is 0 Å². The molecule has 2 aliphatic heterocycles. The van der Waals surface area contributed by atoms with E-state index in [1.54, 1.807) is 6.92 Å². The first-order chi connectivity index (χ1) is 13.5. The van der Waals surface area contributed by atoms with Crippen LogP contribution in [0.4, 0.5) is 11.5 Å². The highest BCUT2D eigenvalue weighted by molar-refractivity contribution is 5.92. The van der Waals surface area contributed by atoms with E-state index in [9.17, 15) is 4.79 Å². The minimum Gasteiger partial charge on any atom is -0.350 e. The van der Waals surface area contributed by atoms with Crippen molar-refractivity contribution in [1.82, 2.24) is 19.7 Å². The number of amides is 1. The lowest BCUT2D eigenvalue weighted by Crippen LogP contribution is -2.41. The summed E-state index contributed by atoms with van der Waals surface area (Å²) in [6.07, 6.45) is 7.50. The molecule has 7 nitrogen and oxygen atoms in total. The fraction of sp³-hybridized carbons (Fsp3) is 0.571. The molecule has 150 valence electrons. The summed E-state index contributed by atoms with van der Waals surface area (Å²) in [5, 5.41) is 7.36. The molecule has 0 radical (unpaired) electrons. The zero-order valence-corrected chi connectivity index (χ0v) is 17.1. The van der Waals surface area contributed by atoms with E-state index >= 15 is 0 Å². The molecule has 2 aliphatic rings. The average molecular weight is 383 g/mol. The van der Waals surface area contributed by atoms with Crippen molar-refractivity contribution in [3.63, 3.8) is 0 Å². The predicted octanol–water partition coefficient (Wildman–Crippen LogP) is 2.57. The van der Waals surface area contributed by atoms with Crippen molar-refractivity contribution in [3.8, 4) is 0 Å². The van der Waals surface area contributed by atoms with Crippen molar-refractivity contribution in [1.29, 1.82) is 0 Å². The van der Waals surface area contributed by atoms with Gasteiger partial charge in [0.15, 0.2) is 5.82 Å². The highest BCUT2D eigenvalue weighted by Crippen LogP contribution is 2.35. The first kappa shape index (κ1) is 18.9. The van der Waals surface area contributed by atoms with Crippen LogP contribution in [-0.4, -0.2) is 51.2 Å². The smallest absolute Gasteiger partial charge is 0.221 e. The normalized spacial score (nSPS) is 22.8. The summed E-state index contributed by atoms with van der Waals surface area (Å²) in [6, 6.07) is 4.27. The van der Waals surface area contributed by atoms with E-state index in [1.807, 2.05) is 36.3 Å². The van der Waals surface area contributed by atoms with E-state index in [2.05, 4.69) is 32.1 Å². The van der Waals surface area contributed by atoms with Gasteiger partial charge >= 0.3 is 0 Å². The molecule has 7 heteroatoms. The molecule has 0 unspecified atom stereocenters. The van der Waals surface area contributed by atoms with Gasteiger partial charge in [-0.25, -0.2) is 4.98 Å². The molecule has 0 spiro atoms. The number of rotatable bonds is 4. The second kappa shape index (κ2) is 7.91.